The van der Waals surface area contributed by atoms with E-state index in [0.29, 0.717) is 23.1 Å². The molecule has 2 aromatic rings. The normalized spacial score (nSPS) is 10.0. The van der Waals surface area contributed by atoms with Crippen LogP contribution < -0.4 is 10.6 Å². The van der Waals surface area contributed by atoms with Crippen LogP contribution in [0.1, 0.15) is 16.2 Å². The van der Waals surface area contributed by atoms with Crippen molar-refractivity contribution >= 4 is 23.3 Å². The number of hydrogen-bond donors (Lipinski definition) is 2. The van der Waals surface area contributed by atoms with Gasteiger partial charge in [-0.2, -0.15) is 0 Å². The molecule has 0 saturated heterocycles. The number of hydrogen-bond acceptors (Lipinski definition) is 5. The number of pyridine rings is 1. The van der Waals surface area contributed by atoms with Crippen LogP contribution >= 0.6 is 11.6 Å². The van der Waals surface area contributed by atoms with Crippen molar-refractivity contribution in [2.75, 3.05) is 12.4 Å². The van der Waals surface area contributed by atoms with Gasteiger partial charge in [0, 0.05) is 13.2 Å². The zero-order valence-electron chi connectivity index (χ0n) is 10.2. The number of nitrogens with zero attached hydrogens (tertiary/aromatic N) is 3. The molecule has 0 fully saturated rings. The Morgan fingerprint density at radius 1 is 1.37 bits per heavy atom. The maximum Gasteiger partial charge on any atom is 0.271 e. The van der Waals surface area contributed by atoms with Gasteiger partial charge in [0.25, 0.3) is 5.91 Å². The van der Waals surface area contributed by atoms with Crippen LogP contribution in [0, 0.1) is 0 Å². The summed E-state index contributed by atoms with van der Waals surface area (Å²) in [6.45, 7) is 0.295. The number of nitrogens with one attached hydrogen (secondary N) is 2. The Morgan fingerprint density at radius 3 is 2.89 bits per heavy atom. The van der Waals surface area contributed by atoms with Gasteiger partial charge < -0.3 is 10.6 Å². The molecule has 2 heterocycles. The standard InChI is InChI=1S/C12H12ClN5O/c1-14-10-3-2-9(13)11(18-10)12(19)16-6-8-4-5-15-7-17-8/h2-5,7H,6H2,1H3,(H,14,18)(H,16,19). The van der Waals surface area contributed by atoms with Crippen molar-refractivity contribution < 1.29 is 4.79 Å². The molecule has 0 aromatic carbocycles. The number of carbonyl (C=O) groups is 1. The fourth-order valence-corrected chi connectivity index (χ4v) is 1.61. The molecule has 0 aliphatic rings. The van der Waals surface area contributed by atoms with E-state index in [1.54, 1.807) is 31.4 Å². The Bertz CT molecular complexity index is 576. The van der Waals surface area contributed by atoms with Crippen LogP contribution in [0.25, 0.3) is 0 Å². The van der Waals surface area contributed by atoms with Gasteiger partial charge in [-0.25, -0.2) is 15.0 Å². The first-order chi connectivity index (χ1) is 9.20. The summed E-state index contributed by atoms with van der Waals surface area (Å²) in [5.74, 6) is 0.234. The van der Waals surface area contributed by atoms with Crippen LogP contribution in [0.4, 0.5) is 5.82 Å². The van der Waals surface area contributed by atoms with Crippen LogP contribution in [0.2, 0.25) is 5.02 Å². The lowest BCUT2D eigenvalue weighted by Crippen LogP contribution is -2.24. The van der Waals surface area contributed by atoms with E-state index in [1.165, 1.54) is 6.33 Å². The van der Waals surface area contributed by atoms with E-state index < -0.39 is 0 Å². The predicted molar refractivity (Wildman–Crippen MR) is 72.0 cm³/mol. The highest BCUT2D eigenvalue weighted by Gasteiger charge is 2.12. The molecule has 0 radical (unpaired) electrons. The molecule has 0 aliphatic heterocycles. The lowest BCUT2D eigenvalue weighted by atomic mass is 10.3. The molecule has 2 rings (SSSR count). The number of anilines is 1. The molecule has 98 valence electrons. The van der Waals surface area contributed by atoms with Crippen LogP contribution in [0.15, 0.2) is 30.7 Å². The van der Waals surface area contributed by atoms with Crippen molar-refractivity contribution in [3.05, 3.63) is 47.1 Å². The monoisotopic (exact) mass is 277 g/mol. The minimum Gasteiger partial charge on any atom is -0.373 e. The van der Waals surface area contributed by atoms with Crippen LogP contribution in [-0.4, -0.2) is 27.9 Å². The van der Waals surface area contributed by atoms with Gasteiger partial charge in [-0.1, -0.05) is 11.6 Å². The maximum atomic E-state index is 12.0. The zero-order chi connectivity index (χ0) is 13.7. The van der Waals surface area contributed by atoms with Crippen molar-refractivity contribution in [2.45, 2.75) is 6.54 Å². The summed E-state index contributed by atoms with van der Waals surface area (Å²) in [6, 6.07) is 5.04. The van der Waals surface area contributed by atoms with Crippen molar-refractivity contribution in [1.82, 2.24) is 20.3 Å². The van der Waals surface area contributed by atoms with E-state index in [1.807, 2.05) is 0 Å². The van der Waals surface area contributed by atoms with Gasteiger partial charge in [-0.3, -0.25) is 4.79 Å². The maximum absolute atomic E-state index is 12.0. The van der Waals surface area contributed by atoms with E-state index >= 15 is 0 Å². The van der Waals surface area contributed by atoms with Crippen LogP contribution in [-0.2, 0) is 6.54 Å². The summed E-state index contributed by atoms with van der Waals surface area (Å²) in [7, 11) is 1.72. The molecule has 6 nitrogen and oxygen atoms in total. The van der Waals surface area contributed by atoms with Gasteiger partial charge in [0.15, 0.2) is 0 Å². The van der Waals surface area contributed by atoms with E-state index in [9.17, 15) is 4.79 Å². The molecular weight excluding hydrogens is 266 g/mol. The SMILES string of the molecule is CNc1ccc(Cl)c(C(=O)NCc2ccncn2)n1. The van der Waals surface area contributed by atoms with E-state index in [4.69, 9.17) is 11.6 Å². The average Bonchev–Trinajstić information content (AvgIpc) is 2.46. The molecule has 0 spiro atoms. The molecule has 0 saturated carbocycles. The number of aromatic nitrogens is 3. The Morgan fingerprint density at radius 2 is 2.21 bits per heavy atom. The highest BCUT2D eigenvalue weighted by atomic mass is 35.5. The third kappa shape index (κ3) is 3.38. The summed E-state index contributed by atoms with van der Waals surface area (Å²) < 4.78 is 0. The first-order valence-corrected chi connectivity index (χ1v) is 5.96. The van der Waals surface area contributed by atoms with Gasteiger partial charge in [0.05, 0.1) is 17.3 Å². The lowest BCUT2D eigenvalue weighted by Gasteiger charge is -2.07. The molecule has 0 unspecified atom stereocenters. The van der Waals surface area contributed by atoms with E-state index in [-0.39, 0.29) is 11.6 Å². The van der Waals surface area contributed by atoms with Crippen LogP contribution in [0.5, 0.6) is 0 Å². The van der Waals surface area contributed by atoms with Crippen molar-refractivity contribution in [3.8, 4) is 0 Å². The molecule has 0 atom stereocenters. The first kappa shape index (κ1) is 13.2. The van der Waals surface area contributed by atoms with Gasteiger partial charge in [-0.15, -0.1) is 0 Å². The third-order valence-corrected chi connectivity index (χ3v) is 2.70. The fraction of sp³-hybridized carbons (Fsp3) is 0.167. The Labute approximate surface area is 115 Å². The average molecular weight is 278 g/mol. The zero-order valence-corrected chi connectivity index (χ0v) is 11.0. The molecule has 1 amide bonds. The highest BCUT2D eigenvalue weighted by Crippen LogP contribution is 2.16. The fourth-order valence-electron chi connectivity index (χ4n) is 1.42. The minimum atomic E-state index is -0.347. The number of rotatable bonds is 4. The largest absolute Gasteiger partial charge is 0.373 e. The van der Waals surface area contributed by atoms with E-state index in [2.05, 4.69) is 25.6 Å². The summed E-state index contributed by atoms with van der Waals surface area (Å²) in [5.41, 5.74) is 0.895. The summed E-state index contributed by atoms with van der Waals surface area (Å²) >= 11 is 5.95. The Hall–Kier alpha value is -2.21. The van der Waals surface area contributed by atoms with Crippen molar-refractivity contribution in [3.63, 3.8) is 0 Å². The smallest absolute Gasteiger partial charge is 0.271 e. The lowest BCUT2D eigenvalue weighted by molar-refractivity contribution is 0.0945. The Kier molecular flexibility index (Phi) is 4.25. The first-order valence-electron chi connectivity index (χ1n) is 5.58. The van der Waals surface area contributed by atoms with E-state index in [0.717, 1.165) is 0 Å². The van der Waals surface area contributed by atoms with Crippen molar-refractivity contribution in [1.29, 1.82) is 0 Å². The molecule has 0 aliphatic carbocycles. The quantitative estimate of drug-likeness (QED) is 0.885. The molecule has 19 heavy (non-hydrogen) atoms. The number of carbonyl (C=O) groups excluding carboxylic acids is 1. The molecule has 2 N–H and O–H groups in total. The second kappa shape index (κ2) is 6.10. The number of halogens is 1. The minimum absolute atomic E-state index is 0.183. The second-order valence-electron chi connectivity index (χ2n) is 3.66. The van der Waals surface area contributed by atoms with Gasteiger partial charge >= 0.3 is 0 Å². The van der Waals surface area contributed by atoms with Gasteiger partial charge in [0.2, 0.25) is 0 Å². The molecule has 2 aromatic heterocycles. The third-order valence-electron chi connectivity index (χ3n) is 2.39. The molecular formula is C12H12ClN5O. The second-order valence-corrected chi connectivity index (χ2v) is 4.07. The summed E-state index contributed by atoms with van der Waals surface area (Å²) in [4.78, 5) is 23.9. The van der Waals surface area contributed by atoms with Gasteiger partial charge in [0.1, 0.15) is 17.8 Å². The van der Waals surface area contributed by atoms with Crippen LogP contribution in [0.3, 0.4) is 0 Å². The molecule has 0 bridgehead atoms. The topological polar surface area (TPSA) is 79.8 Å². The highest BCUT2D eigenvalue weighted by molar-refractivity contribution is 6.33. The predicted octanol–water partition coefficient (Wildman–Crippen LogP) is 1.50. The van der Waals surface area contributed by atoms with Gasteiger partial charge in [-0.05, 0) is 18.2 Å². The summed E-state index contributed by atoms with van der Waals surface area (Å²) in [5, 5.41) is 5.86. The van der Waals surface area contributed by atoms with Crippen molar-refractivity contribution in [2.24, 2.45) is 0 Å². The Balaban J connectivity index is 2.08. The number of amides is 1. The summed E-state index contributed by atoms with van der Waals surface area (Å²) in [6.07, 6.45) is 3.04. The molecule has 7 heteroatoms.